The van der Waals surface area contributed by atoms with Crippen LogP contribution in [0.1, 0.15) is 28.6 Å². The summed E-state index contributed by atoms with van der Waals surface area (Å²) in [5.41, 5.74) is 3.73. The van der Waals surface area contributed by atoms with Gasteiger partial charge in [0, 0.05) is 34.6 Å². The Morgan fingerprint density at radius 1 is 1.06 bits per heavy atom. The van der Waals surface area contributed by atoms with E-state index in [1.165, 1.54) is 0 Å². The SMILES string of the molecule is COc1ccc(C2c3[nH]c4ccccc4c3CC3C(=O)N(Cc4ccco4)CC(=O)N32)c(OC)c1. The molecule has 35 heavy (non-hydrogen) atoms. The van der Waals surface area contributed by atoms with Crippen molar-refractivity contribution in [3.63, 3.8) is 0 Å². The highest BCUT2D eigenvalue weighted by molar-refractivity contribution is 5.97. The molecule has 0 aliphatic carbocycles. The van der Waals surface area contributed by atoms with Crippen LogP contribution in [0.3, 0.4) is 0 Å². The van der Waals surface area contributed by atoms with E-state index in [2.05, 4.69) is 11.1 Å². The zero-order valence-corrected chi connectivity index (χ0v) is 19.5. The van der Waals surface area contributed by atoms with Gasteiger partial charge in [-0.05, 0) is 35.9 Å². The summed E-state index contributed by atoms with van der Waals surface area (Å²) < 4.78 is 16.6. The van der Waals surface area contributed by atoms with Crippen molar-refractivity contribution < 1.29 is 23.5 Å². The van der Waals surface area contributed by atoms with Crippen LogP contribution in [-0.2, 0) is 22.6 Å². The average molecular weight is 472 g/mol. The second kappa shape index (κ2) is 8.23. The summed E-state index contributed by atoms with van der Waals surface area (Å²) in [4.78, 5) is 34.3. The van der Waals surface area contributed by atoms with Crippen molar-refractivity contribution in [1.29, 1.82) is 0 Å². The lowest BCUT2D eigenvalue weighted by molar-refractivity contribution is -0.159. The number of rotatable bonds is 5. The fourth-order valence-electron chi connectivity index (χ4n) is 5.42. The number of methoxy groups -OCH3 is 2. The number of amides is 2. The van der Waals surface area contributed by atoms with E-state index in [1.807, 2.05) is 36.4 Å². The average Bonchev–Trinajstić information content (AvgIpc) is 3.53. The third-order valence-electron chi connectivity index (χ3n) is 7.00. The molecule has 0 bridgehead atoms. The second-order valence-electron chi connectivity index (χ2n) is 8.87. The number of piperazine rings is 1. The fraction of sp³-hybridized carbons (Fsp3) is 0.259. The molecular weight excluding hydrogens is 446 g/mol. The van der Waals surface area contributed by atoms with Gasteiger partial charge in [-0.25, -0.2) is 0 Å². The molecule has 8 heteroatoms. The van der Waals surface area contributed by atoms with Crippen LogP contribution in [0, 0.1) is 0 Å². The number of aromatic nitrogens is 1. The Bertz CT molecular complexity index is 1420. The predicted octanol–water partition coefficient (Wildman–Crippen LogP) is 3.66. The first-order valence-electron chi connectivity index (χ1n) is 11.5. The number of fused-ring (bicyclic) bond motifs is 4. The number of para-hydroxylation sites is 1. The highest BCUT2D eigenvalue weighted by Gasteiger charge is 2.49. The number of nitrogens with one attached hydrogen (secondary N) is 1. The minimum absolute atomic E-state index is 0.0133. The van der Waals surface area contributed by atoms with Gasteiger partial charge in [0.25, 0.3) is 0 Å². The zero-order valence-electron chi connectivity index (χ0n) is 19.5. The van der Waals surface area contributed by atoms with E-state index in [0.717, 1.165) is 27.7 Å². The maximum atomic E-state index is 13.8. The number of hydrogen-bond acceptors (Lipinski definition) is 5. The van der Waals surface area contributed by atoms with Crippen LogP contribution in [0.25, 0.3) is 10.9 Å². The molecule has 4 heterocycles. The van der Waals surface area contributed by atoms with Crippen molar-refractivity contribution >= 4 is 22.7 Å². The molecule has 0 radical (unpaired) electrons. The van der Waals surface area contributed by atoms with Crippen LogP contribution in [0.2, 0.25) is 0 Å². The van der Waals surface area contributed by atoms with Crippen molar-refractivity contribution in [2.45, 2.75) is 25.0 Å². The van der Waals surface area contributed by atoms with Crippen LogP contribution >= 0.6 is 0 Å². The van der Waals surface area contributed by atoms with Gasteiger partial charge in [-0.1, -0.05) is 18.2 Å². The standard InChI is InChI=1S/C27H25N3O5/c1-33-16-9-10-19(23(12-16)34-2)26-25-20(18-7-3-4-8-21(18)28-25)13-22-27(32)29(15-24(31)30(22)26)14-17-6-5-11-35-17/h3-12,22,26,28H,13-15H2,1-2H3. The summed E-state index contributed by atoms with van der Waals surface area (Å²) in [6.07, 6.45) is 2.01. The van der Waals surface area contributed by atoms with E-state index in [9.17, 15) is 9.59 Å². The number of H-pyrrole nitrogens is 1. The number of furan rings is 1. The smallest absolute Gasteiger partial charge is 0.246 e. The maximum absolute atomic E-state index is 13.8. The summed E-state index contributed by atoms with van der Waals surface area (Å²) in [7, 11) is 3.19. The molecule has 1 N–H and O–H groups in total. The largest absolute Gasteiger partial charge is 0.497 e. The molecule has 2 unspecified atom stereocenters. The van der Waals surface area contributed by atoms with Gasteiger partial charge in [0.15, 0.2) is 0 Å². The highest BCUT2D eigenvalue weighted by Crippen LogP contribution is 2.45. The molecule has 2 amide bonds. The Kier molecular flexibility index (Phi) is 5.02. The molecule has 2 aliphatic heterocycles. The van der Waals surface area contributed by atoms with Crippen LogP contribution in [-0.4, -0.2) is 53.4 Å². The molecule has 2 atom stereocenters. The molecule has 8 nitrogen and oxygen atoms in total. The van der Waals surface area contributed by atoms with Crippen LogP contribution in [0.5, 0.6) is 11.5 Å². The molecule has 1 saturated heterocycles. The molecule has 178 valence electrons. The fourth-order valence-corrected chi connectivity index (χ4v) is 5.42. The first-order chi connectivity index (χ1) is 17.1. The van der Waals surface area contributed by atoms with E-state index < -0.39 is 12.1 Å². The number of aromatic amines is 1. The topological polar surface area (TPSA) is 88.0 Å². The number of hydrogen-bond donors (Lipinski definition) is 1. The minimum Gasteiger partial charge on any atom is -0.497 e. The van der Waals surface area contributed by atoms with Crippen LogP contribution in [0.15, 0.2) is 65.3 Å². The normalized spacial score (nSPS) is 19.6. The van der Waals surface area contributed by atoms with Gasteiger partial charge in [-0.3, -0.25) is 9.59 Å². The monoisotopic (exact) mass is 471 g/mol. The number of ether oxygens (including phenoxy) is 2. The van der Waals surface area contributed by atoms with Gasteiger partial charge in [-0.15, -0.1) is 0 Å². The Morgan fingerprint density at radius 3 is 2.69 bits per heavy atom. The first-order valence-corrected chi connectivity index (χ1v) is 11.5. The molecule has 6 rings (SSSR count). The third kappa shape index (κ3) is 3.36. The molecule has 1 fully saturated rings. The van der Waals surface area contributed by atoms with Gasteiger partial charge in [0.1, 0.15) is 35.9 Å². The lowest BCUT2D eigenvalue weighted by Gasteiger charge is -2.47. The van der Waals surface area contributed by atoms with Crippen molar-refractivity contribution in [3.8, 4) is 11.5 Å². The molecular formula is C27H25N3O5. The highest BCUT2D eigenvalue weighted by atomic mass is 16.5. The van der Waals surface area contributed by atoms with Crippen molar-refractivity contribution in [1.82, 2.24) is 14.8 Å². The van der Waals surface area contributed by atoms with E-state index in [1.54, 1.807) is 42.4 Å². The zero-order chi connectivity index (χ0) is 24.1. The summed E-state index contributed by atoms with van der Waals surface area (Å²) in [5, 5.41) is 1.06. The molecule has 0 saturated carbocycles. The molecule has 2 aromatic carbocycles. The van der Waals surface area contributed by atoms with Gasteiger partial charge in [-0.2, -0.15) is 0 Å². The van der Waals surface area contributed by atoms with Gasteiger partial charge < -0.3 is 28.7 Å². The summed E-state index contributed by atoms with van der Waals surface area (Å²) in [6.45, 7) is 0.250. The van der Waals surface area contributed by atoms with E-state index in [0.29, 0.717) is 23.7 Å². The van der Waals surface area contributed by atoms with Crippen molar-refractivity contribution in [2.24, 2.45) is 0 Å². The van der Waals surface area contributed by atoms with Gasteiger partial charge in [0.2, 0.25) is 11.8 Å². The van der Waals surface area contributed by atoms with E-state index >= 15 is 0 Å². The van der Waals surface area contributed by atoms with Gasteiger partial charge >= 0.3 is 0 Å². The first kappa shape index (κ1) is 21.3. The number of benzene rings is 2. The number of carbonyl (C=O) groups excluding carboxylic acids is 2. The van der Waals surface area contributed by atoms with Crippen molar-refractivity contribution in [2.75, 3.05) is 20.8 Å². The van der Waals surface area contributed by atoms with Crippen LogP contribution < -0.4 is 9.47 Å². The third-order valence-corrected chi connectivity index (χ3v) is 7.00. The summed E-state index contributed by atoms with van der Waals surface area (Å²) in [5.74, 6) is 1.69. The Morgan fingerprint density at radius 2 is 1.91 bits per heavy atom. The lowest BCUT2D eigenvalue weighted by Crippen LogP contribution is -2.62. The Labute approximate surface area is 202 Å². The summed E-state index contributed by atoms with van der Waals surface area (Å²) >= 11 is 0. The summed E-state index contributed by atoms with van der Waals surface area (Å²) in [6, 6.07) is 16.1. The molecule has 0 spiro atoms. The molecule has 2 aliphatic rings. The van der Waals surface area contributed by atoms with Crippen LogP contribution in [0.4, 0.5) is 0 Å². The maximum Gasteiger partial charge on any atom is 0.246 e. The lowest BCUT2D eigenvalue weighted by atomic mass is 9.85. The number of carbonyl (C=O) groups is 2. The van der Waals surface area contributed by atoms with Gasteiger partial charge in [0.05, 0.1) is 27.0 Å². The van der Waals surface area contributed by atoms with E-state index in [-0.39, 0.29) is 24.9 Å². The van der Waals surface area contributed by atoms with Crippen molar-refractivity contribution in [3.05, 3.63) is 83.4 Å². The molecule has 4 aromatic rings. The number of nitrogens with zero attached hydrogens (tertiary/aromatic N) is 2. The Hall–Kier alpha value is -4.20. The minimum atomic E-state index is -0.630. The quantitative estimate of drug-likeness (QED) is 0.480. The second-order valence-corrected chi connectivity index (χ2v) is 8.87. The predicted molar refractivity (Wildman–Crippen MR) is 128 cm³/mol. The Balaban J connectivity index is 1.51. The van der Waals surface area contributed by atoms with E-state index in [4.69, 9.17) is 13.9 Å². The molecule has 2 aromatic heterocycles.